The van der Waals surface area contributed by atoms with E-state index in [2.05, 4.69) is 20.4 Å². The normalized spacial score (nSPS) is 11.6. The van der Waals surface area contributed by atoms with Crippen LogP contribution in [0.25, 0.3) is 5.82 Å². The summed E-state index contributed by atoms with van der Waals surface area (Å²) in [6, 6.07) is 6.91. The molecule has 0 unspecified atom stereocenters. The van der Waals surface area contributed by atoms with Gasteiger partial charge in [-0.25, -0.2) is 23.4 Å². The molecule has 38 heavy (non-hydrogen) atoms. The summed E-state index contributed by atoms with van der Waals surface area (Å²) in [6.07, 6.45) is -1.99. The van der Waals surface area contributed by atoms with Crippen molar-refractivity contribution in [3.63, 3.8) is 0 Å². The number of carbonyl (C=O) groups excluding carboxylic acids is 1. The number of nitrogens with one attached hydrogen (secondary N) is 1. The average molecular weight is 533 g/mol. The van der Waals surface area contributed by atoms with Crippen LogP contribution in [0, 0.1) is 11.6 Å². The third kappa shape index (κ3) is 5.54. The van der Waals surface area contributed by atoms with Gasteiger partial charge in [-0.05, 0) is 44.4 Å². The highest BCUT2D eigenvalue weighted by Crippen LogP contribution is 2.35. The van der Waals surface area contributed by atoms with Crippen molar-refractivity contribution in [1.82, 2.24) is 24.6 Å². The summed E-state index contributed by atoms with van der Waals surface area (Å²) in [6.45, 7) is 0.363. The predicted molar refractivity (Wildman–Crippen MR) is 127 cm³/mol. The van der Waals surface area contributed by atoms with Crippen LogP contribution in [-0.4, -0.2) is 44.7 Å². The number of rotatable bonds is 7. The van der Waals surface area contributed by atoms with Gasteiger partial charge in [0.05, 0.1) is 17.3 Å². The van der Waals surface area contributed by atoms with Crippen LogP contribution < -0.4 is 15.8 Å². The molecular formula is C24H20F5N7O2. The van der Waals surface area contributed by atoms with Gasteiger partial charge in [0.15, 0.2) is 28.9 Å². The molecule has 0 saturated heterocycles. The third-order valence-corrected chi connectivity index (χ3v) is 5.15. The Morgan fingerprint density at radius 1 is 1.08 bits per heavy atom. The van der Waals surface area contributed by atoms with Gasteiger partial charge in [0.25, 0.3) is 5.91 Å². The molecule has 3 N–H and O–H groups in total. The number of hydrogen-bond acceptors (Lipinski definition) is 7. The number of nitrogen functional groups attached to an aromatic ring is 1. The molecule has 4 rings (SSSR count). The zero-order valence-electron chi connectivity index (χ0n) is 19.9. The lowest BCUT2D eigenvalue weighted by atomic mass is 10.2. The van der Waals surface area contributed by atoms with Gasteiger partial charge in [0.1, 0.15) is 11.6 Å². The number of nitrogens with zero attached hydrogens (tertiary/aromatic N) is 5. The van der Waals surface area contributed by atoms with Crippen molar-refractivity contribution < 1.29 is 31.5 Å². The van der Waals surface area contributed by atoms with Gasteiger partial charge in [0.2, 0.25) is 0 Å². The zero-order valence-corrected chi connectivity index (χ0v) is 19.9. The van der Waals surface area contributed by atoms with Crippen molar-refractivity contribution in [2.24, 2.45) is 0 Å². The van der Waals surface area contributed by atoms with E-state index in [9.17, 15) is 26.7 Å². The fraction of sp³-hybridized carbons (Fsp3) is 0.167. The summed E-state index contributed by atoms with van der Waals surface area (Å²) in [5, 5.41) is 5.70. The van der Waals surface area contributed by atoms with Gasteiger partial charge in [0, 0.05) is 30.7 Å². The molecule has 0 bridgehead atoms. The summed E-state index contributed by atoms with van der Waals surface area (Å²) < 4.78 is 76.3. The number of alkyl halides is 3. The standard InChI is InChI=1S/C24H20F5N7O2/c1-35(2)12-15-18(7-9-31-21(15)30)38-19-6-5-13(10-17(19)26)34-23(37)14-11-33-36(20(14)24(27,28)29)22-16(25)4-3-8-32-22/h3-11H,12H2,1-2H3,(H2,30,31)(H,34,37). The number of pyridine rings is 2. The van der Waals surface area contributed by atoms with Crippen molar-refractivity contribution in [3.8, 4) is 17.3 Å². The molecule has 14 heteroatoms. The van der Waals surface area contributed by atoms with Crippen LogP contribution in [0.2, 0.25) is 0 Å². The molecule has 198 valence electrons. The lowest BCUT2D eigenvalue weighted by Crippen LogP contribution is -2.21. The van der Waals surface area contributed by atoms with Crippen LogP contribution in [0.3, 0.4) is 0 Å². The van der Waals surface area contributed by atoms with Gasteiger partial charge in [-0.15, -0.1) is 0 Å². The van der Waals surface area contributed by atoms with E-state index in [1.54, 1.807) is 14.1 Å². The largest absolute Gasteiger partial charge is 0.454 e. The lowest BCUT2D eigenvalue weighted by Gasteiger charge is -2.16. The summed E-state index contributed by atoms with van der Waals surface area (Å²) >= 11 is 0. The topological polar surface area (TPSA) is 111 Å². The van der Waals surface area contributed by atoms with Crippen LogP contribution >= 0.6 is 0 Å². The molecule has 0 spiro atoms. The monoisotopic (exact) mass is 533 g/mol. The Bertz CT molecular complexity index is 1490. The number of carbonyl (C=O) groups is 1. The lowest BCUT2D eigenvalue weighted by molar-refractivity contribution is -0.143. The second-order valence-corrected chi connectivity index (χ2v) is 8.24. The first kappa shape index (κ1) is 26.5. The quantitative estimate of drug-likeness (QED) is 0.333. The molecule has 0 fully saturated rings. The van der Waals surface area contributed by atoms with E-state index in [1.807, 2.05) is 4.90 Å². The Balaban J connectivity index is 1.60. The molecule has 0 aliphatic heterocycles. The van der Waals surface area contributed by atoms with Crippen molar-refractivity contribution in [2.45, 2.75) is 12.7 Å². The average Bonchev–Trinajstić information content (AvgIpc) is 3.29. The predicted octanol–water partition coefficient (Wildman–Crippen LogP) is 4.65. The fourth-order valence-electron chi connectivity index (χ4n) is 3.52. The number of nitrogens with two attached hydrogens (primary N) is 1. The van der Waals surface area contributed by atoms with Crippen molar-refractivity contribution in [1.29, 1.82) is 0 Å². The summed E-state index contributed by atoms with van der Waals surface area (Å²) in [7, 11) is 3.60. The second kappa shape index (κ2) is 10.4. The Labute approximate surface area is 212 Å². The van der Waals surface area contributed by atoms with E-state index >= 15 is 0 Å². The van der Waals surface area contributed by atoms with Crippen LogP contribution in [0.15, 0.2) is 55.0 Å². The van der Waals surface area contributed by atoms with E-state index < -0.39 is 40.8 Å². The highest BCUT2D eigenvalue weighted by atomic mass is 19.4. The van der Waals surface area contributed by atoms with Gasteiger partial charge < -0.3 is 20.7 Å². The Morgan fingerprint density at radius 2 is 1.84 bits per heavy atom. The number of amides is 1. The molecule has 1 amide bonds. The fourth-order valence-corrected chi connectivity index (χ4v) is 3.52. The van der Waals surface area contributed by atoms with Gasteiger partial charge >= 0.3 is 6.18 Å². The minimum Gasteiger partial charge on any atom is -0.454 e. The van der Waals surface area contributed by atoms with Crippen molar-refractivity contribution >= 4 is 17.4 Å². The molecule has 0 aliphatic rings. The minimum atomic E-state index is -5.09. The van der Waals surface area contributed by atoms with Crippen molar-refractivity contribution in [2.75, 3.05) is 25.1 Å². The molecular weight excluding hydrogens is 513 g/mol. The molecule has 0 atom stereocenters. The number of aromatic nitrogens is 4. The number of benzene rings is 1. The molecule has 3 aromatic heterocycles. The first-order valence-electron chi connectivity index (χ1n) is 10.9. The van der Waals surface area contributed by atoms with E-state index in [0.717, 1.165) is 18.3 Å². The molecule has 9 nitrogen and oxygen atoms in total. The Morgan fingerprint density at radius 3 is 2.50 bits per heavy atom. The van der Waals surface area contributed by atoms with E-state index in [1.165, 1.54) is 30.5 Å². The van der Waals surface area contributed by atoms with Gasteiger partial charge in [-0.1, -0.05) is 0 Å². The number of anilines is 2. The highest BCUT2D eigenvalue weighted by molar-refractivity contribution is 6.05. The molecule has 0 radical (unpaired) electrons. The van der Waals surface area contributed by atoms with Crippen molar-refractivity contribution in [3.05, 3.63) is 83.4 Å². The Hall–Kier alpha value is -4.59. The van der Waals surface area contributed by atoms with Crippen LogP contribution in [0.4, 0.5) is 33.5 Å². The van der Waals surface area contributed by atoms with Gasteiger partial charge in [-0.3, -0.25) is 4.79 Å². The van der Waals surface area contributed by atoms with Crippen LogP contribution in [-0.2, 0) is 12.7 Å². The summed E-state index contributed by atoms with van der Waals surface area (Å²) in [5.74, 6) is -3.73. The zero-order chi connectivity index (χ0) is 27.6. The van der Waals surface area contributed by atoms with E-state index in [4.69, 9.17) is 10.5 Å². The van der Waals surface area contributed by atoms with Gasteiger partial charge in [-0.2, -0.15) is 18.3 Å². The maximum atomic E-state index is 14.8. The number of hydrogen-bond donors (Lipinski definition) is 2. The smallest absolute Gasteiger partial charge is 0.434 e. The SMILES string of the molecule is CN(C)Cc1c(Oc2ccc(NC(=O)c3cnn(-c4ncccc4F)c3C(F)(F)F)cc2F)ccnc1N. The molecule has 0 saturated carbocycles. The maximum Gasteiger partial charge on any atom is 0.434 e. The molecule has 1 aromatic carbocycles. The van der Waals surface area contributed by atoms with Crippen LogP contribution in [0.5, 0.6) is 11.5 Å². The summed E-state index contributed by atoms with van der Waals surface area (Å²) in [4.78, 5) is 22.1. The molecule has 3 heterocycles. The third-order valence-electron chi connectivity index (χ3n) is 5.15. The van der Waals surface area contributed by atoms with Crippen LogP contribution in [0.1, 0.15) is 21.6 Å². The first-order chi connectivity index (χ1) is 18.0. The molecule has 4 aromatic rings. The van der Waals surface area contributed by atoms with E-state index in [0.29, 0.717) is 18.3 Å². The van der Waals surface area contributed by atoms with E-state index in [-0.39, 0.29) is 27.7 Å². The summed E-state index contributed by atoms with van der Waals surface area (Å²) in [5.41, 5.74) is 3.82. The maximum absolute atomic E-state index is 14.8. The number of halogens is 5. The molecule has 0 aliphatic carbocycles. The second-order valence-electron chi connectivity index (χ2n) is 8.24. The minimum absolute atomic E-state index is 0.160. The highest BCUT2D eigenvalue weighted by Gasteiger charge is 2.41. The Kier molecular flexibility index (Phi) is 7.26. The first-order valence-corrected chi connectivity index (χ1v) is 10.9. The number of ether oxygens (including phenoxy) is 1.